The van der Waals surface area contributed by atoms with Crippen LogP contribution in [-0.2, 0) is 0 Å². The fourth-order valence-electron chi connectivity index (χ4n) is 0.304. The zero-order valence-corrected chi connectivity index (χ0v) is 6.56. The predicted molar refractivity (Wildman–Crippen MR) is 30.5 cm³/mol. The molecular formula is C6H4ClMg+. The van der Waals surface area contributed by atoms with Gasteiger partial charge in [-0.15, -0.1) is 0 Å². The number of allylic oxidation sites excluding steroid dienone is 6. The van der Waals surface area contributed by atoms with E-state index in [4.69, 9.17) is 0 Å². The van der Waals surface area contributed by atoms with Crippen molar-refractivity contribution in [1.82, 2.24) is 0 Å². The molecule has 0 aromatic rings. The molecule has 0 heterocycles. The maximum absolute atomic E-state index is 2.77. The predicted octanol–water partition coefficient (Wildman–Crippen LogP) is -2.10. The second-order valence-corrected chi connectivity index (χ2v) is 1.01. The topological polar surface area (TPSA) is 0 Å². The minimum absolute atomic E-state index is 0. The molecule has 0 aromatic heterocycles. The van der Waals surface area contributed by atoms with Gasteiger partial charge in [0.2, 0.25) is 0 Å². The van der Waals surface area contributed by atoms with Crippen molar-refractivity contribution in [3.63, 3.8) is 0 Å². The van der Waals surface area contributed by atoms with E-state index in [1.807, 2.05) is 24.3 Å². The molecule has 2 heteroatoms. The van der Waals surface area contributed by atoms with Crippen molar-refractivity contribution in [2.45, 2.75) is 0 Å². The summed E-state index contributed by atoms with van der Waals surface area (Å²) in [5.41, 5.74) is 0. The molecule has 0 bridgehead atoms. The largest absolute Gasteiger partial charge is 2.00 e. The van der Waals surface area contributed by atoms with Gasteiger partial charge in [-0.05, 0) is 6.08 Å². The second kappa shape index (κ2) is 7.19. The van der Waals surface area contributed by atoms with E-state index in [0.717, 1.165) is 0 Å². The van der Waals surface area contributed by atoms with E-state index in [9.17, 15) is 0 Å². The van der Waals surface area contributed by atoms with Gasteiger partial charge in [0, 0.05) is 6.08 Å². The van der Waals surface area contributed by atoms with Crippen molar-refractivity contribution in [2.75, 3.05) is 0 Å². The third-order valence-electron chi connectivity index (χ3n) is 0.554. The van der Waals surface area contributed by atoms with Crippen molar-refractivity contribution in [3.05, 3.63) is 36.5 Å². The first-order valence-corrected chi connectivity index (χ1v) is 1.83. The monoisotopic (exact) mass is 135 g/mol. The molecular weight excluding hydrogens is 132 g/mol. The average Bonchev–Trinajstić information content (AvgIpc) is 1.72. The first-order chi connectivity index (χ1) is 3.00. The van der Waals surface area contributed by atoms with Crippen LogP contribution < -0.4 is 12.4 Å². The average molecular weight is 136 g/mol. The Balaban J connectivity index is 0. The molecule has 0 saturated heterocycles. The van der Waals surface area contributed by atoms with E-state index in [1.165, 1.54) is 0 Å². The van der Waals surface area contributed by atoms with Gasteiger partial charge in [-0.2, -0.15) is 0 Å². The van der Waals surface area contributed by atoms with Gasteiger partial charge in [0.25, 0.3) is 0 Å². The standard InChI is InChI=1S/C6H4.ClH.Mg/c1-2-4-6-5-3-1;;/h1-4H;1H;/q;;+2/p-1. The van der Waals surface area contributed by atoms with Crippen molar-refractivity contribution >= 4 is 23.1 Å². The molecule has 1 aliphatic rings. The smallest absolute Gasteiger partial charge is 1.00 e. The molecule has 0 atom stereocenters. The van der Waals surface area contributed by atoms with Crippen LogP contribution in [0, 0.1) is 12.2 Å². The minimum atomic E-state index is 0. The van der Waals surface area contributed by atoms with E-state index in [2.05, 4.69) is 12.2 Å². The molecule has 8 heavy (non-hydrogen) atoms. The number of hydrogen-bond acceptors (Lipinski definition) is 0. The van der Waals surface area contributed by atoms with Crippen LogP contribution in [0.4, 0.5) is 0 Å². The third kappa shape index (κ3) is 4.35. The van der Waals surface area contributed by atoms with Gasteiger partial charge in [-0.3, -0.25) is 0 Å². The molecule has 0 radical (unpaired) electrons. The van der Waals surface area contributed by atoms with Crippen molar-refractivity contribution in [3.8, 4) is 0 Å². The summed E-state index contributed by atoms with van der Waals surface area (Å²) in [4.78, 5) is 0. The van der Waals surface area contributed by atoms with E-state index in [1.54, 1.807) is 0 Å². The molecule has 0 nitrogen and oxygen atoms in total. The maximum Gasteiger partial charge on any atom is 2.00 e. The van der Waals surface area contributed by atoms with Crippen molar-refractivity contribution in [2.24, 2.45) is 0 Å². The molecule has 1 aliphatic carbocycles. The Bertz CT molecular complexity index is 77.9. The molecule has 0 saturated carbocycles. The first kappa shape index (κ1) is 11.0. The molecule has 0 amide bonds. The van der Waals surface area contributed by atoms with Gasteiger partial charge in [0.15, 0.2) is 0 Å². The van der Waals surface area contributed by atoms with Crippen LogP contribution in [0.2, 0.25) is 0 Å². The fourth-order valence-corrected chi connectivity index (χ4v) is 0.304. The summed E-state index contributed by atoms with van der Waals surface area (Å²) >= 11 is 0. The summed E-state index contributed by atoms with van der Waals surface area (Å²) in [7, 11) is 0. The number of rotatable bonds is 0. The Morgan fingerprint density at radius 3 is 2.12 bits per heavy atom. The van der Waals surface area contributed by atoms with Crippen LogP contribution in [-0.4, -0.2) is 23.1 Å². The van der Waals surface area contributed by atoms with Gasteiger partial charge < -0.3 is 12.4 Å². The van der Waals surface area contributed by atoms with Gasteiger partial charge in [0.1, 0.15) is 0 Å². The summed E-state index contributed by atoms with van der Waals surface area (Å²) in [6.07, 6.45) is 13.0. The van der Waals surface area contributed by atoms with E-state index in [0.29, 0.717) is 0 Å². The SMILES string of the molecule is [C+]1=CC=CC=[C-]1.[Cl-].[Mg+2]. The summed E-state index contributed by atoms with van der Waals surface area (Å²) < 4.78 is 0. The zero-order valence-electron chi connectivity index (χ0n) is 4.39. The van der Waals surface area contributed by atoms with Crippen LogP contribution in [0.25, 0.3) is 0 Å². The molecule has 0 spiro atoms. The van der Waals surface area contributed by atoms with Crippen LogP contribution in [0.5, 0.6) is 0 Å². The molecule has 0 aromatic carbocycles. The van der Waals surface area contributed by atoms with E-state index >= 15 is 0 Å². The Morgan fingerprint density at radius 1 is 1.25 bits per heavy atom. The molecule has 1 rings (SSSR count). The molecule has 0 fully saturated rings. The van der Waals surface area contributed by atoms with Crippen molar-refractivity contribution < 1.29 is 12.4 Å². The van der Waals surface area contributed by atoms with Gasteiger partial charge in [0.05, 0.1) is 0 Å². The van der Waals surface area contributed by atoms with Crippen LogP contribution >= 0.6 is 0 Å². The van der Waals surface area contributed by atoms with Gasteiger partial charge in [-0.1, -0.05) is 24.3 Å². The number of halogens is 1. The van der Waals surface area contributed by atoms with Gasteiger partial charge >= 0.3 is 23.1 Å². The molecule has 0 aliphatic heterocycles. The van der Waals surface area contributed by atoms with E-state index in [-0.39, 0.29) is 35.5 Å². The Morgan fingerprint density at radius 2 is 2.00 bits per heavy atom. The molecule has 0 unspecified atom stereocenters. The Labute approximate surface area is 71.9 Å². The van der Waals surface area contributed by atoms with E-state index < -0.39 is 0 Å². The molecule has 36 valence electrons. The third-order valence-corrected chi connectivity index (χ3v) is 0.554. The first-order valence-electron chi connectivity index (χ1n) is 1.83. The Hall–Kier alpha value is 0.186. The fraction of sp³-hybridized carbons (Fsp3) is 0. The molecule has 0 N–H and O–H groups in total. The normalized spacial score (nSPS) is 11.0. The maximum atomic E-state index is 2.77. The van der Waals surface area contributed by atoms with Crippen LogP contribution in [0.3, 0.4) is 0 Å². The van der Waals surface area contributed by atoms with Gasteiger partial charge in [-0.25, -0.2) is 0 Å². The second-order valence-electron chi connectivity index (χ2n) is 1.01. The summed E-state index contributed by atoms with van der Waals surface area (Å²) in [5, 5.41) is 0. The minimum Gasteiger partial charge on any atom is -1.00 e. The Kier molecular flexibility index (Phi) is 9.92. The summed E-state index contributed by atoms with van der Waals surface area (Å²) in [6.45, 7) is 0. The summed E-state index contributed by atoms with van der Waals surface area (Å²) in [6, 6.07) is 0. The zero-order chi connectivity index (χ0) is 4.24. The van der Waals surface area contributed by atoms with Crippen molar-refractivity contribution in [1.29, 1.82) is 0 Å². The summed E-state index contributed by atoms with van der Waals surface area (Å²) in [5.74, 6) is 0. The van der Waals surface area contributed by atoms with Crippen LogP contribution in [0.15, 0.2) is 24.3 Å². The quantitative estimate of drug-likeness (QED) is 0.264. The number of hydrogen-bond donors (Lipinski definition) is 0. The van der Waals surface area contributed by atoms with Crippen LogP contribution in [0.1, 0.15) is 0 Å².